The van der Waals surface area contributed by atoms with Gasteiger partial charge in [0, 0.05) is 33.4 Å². The minimum absolute atomic E-state index is 0.0537. The molecular weight excluding hydrogens is 350 g/mol. The van der Waals surface area contributed by atoms with E-state index in [-0.39, 0.29) is 11.3 Å². The Labute approximate surface area is 167 Å². The number of benzene rings is 1. The van der Waals surface area contributed by atoms with Gasteiger partial charge in [0.15, 0.2) is 0 Å². The SMILES string of the molecule is COCC1(CC[C@@H]2CC2c2ccccc2)CCN(C(=O)c2cn(C)cn2)CC1. The summed E-state index contributed by atoms with van der Waals surface area (Å²) < 4.78 is 7.44. The molecule has 2 aromatic rings. The molecule has 2 heterocycles. The maximum Gasteiger partial charge on any atom is 0.274 e. The Morgan fingerprint density at radius 2 is 2.00 bits per heavy atom. The fourth-order valence-corrected chi connectivity index (χ4v) is 4.81. The Balaban J connectivity index is 1.31. The number of hydrogen-bond donors (Lipinski definition) is 0. The van der Waals surface area contributed by atoms with Crippen LogP contribution in [0.5, 0.6) is 0 Å². The molecule has 2 fully saturated rings. The van der Waals surface area contributed by atoms with Crippen LogP contribution in [0, 0.1) is 11.3 Å². The topological polar surface area (TPSA) is 47.4 Å². The first-order valence-electron chi connectivity index (χ1n) is 10.4. The largest absolute Gasteiger partial charge is 0.384 e. The Morgan fingerprint density at radius 3 is 2.64 bits per heavy atom. The van der Waals surface area contributed by atoms with Crippen LogP contribution in [0.15, 0.2) is 42.9 Å². The van der Waals surface area contributed by atoms with Crippen molar-refractivity contribution in [2.45, 2.75) is 38.0 Å². The van der Waals surface area contributed by atoms with E-state index in [2.05, 4.69) is 35.3 Å². The molecule has 1 aromatic heterocycles. The number of rotatable bonds is 7. The van der Waals surface area contributed by atoms with Crippen LogP contribution in [0.4, 0.5) is 0 Å². The summed E-state index contributed by atoms with van der Waals surface area (Å²) in [5.41, 5.74) is 2.24. The van der Waals surface area contributed by atoms with Crippen molar-refractivity contribution in [2.24, 2.45) is 18.4 Å². The van der Waals surface area contributed by atoms with Gasteiger partial charge in [0.1, 0.15) is 5.69 Å². The number of amides is 1. The number of piperidine rings is 1. The molecule has 0 N–H and O–H groups in total. The quantitative estimate of drug-likeness (QED) is 0.731. The molecule has 5 heteroatoms. The first-order chi connectivity index (χ1) is 13.6. The normalized spacial score (nSPS) is 23.6. The molecule has 1 aromatic carbocycles. The second-order valence-electron chi connectivity index (χ2n) is 8.70. The molecule has 4 rings (SSSR count). The smallest absolute Gasteiger partial charge is 0.274 e. The first-order valence-corrected chi connectivity index (χ1v) is 10.4. The van der Waals surface area contributed by atoms with Crippen molar-refractivity contribution in [2.75, 3.05) is 26.8 Å². The van der Waals surface area contributed by atoms with E-state index >= 15 is 0 Å². The predicted octanol–water partition coefficient (Wildman–Crippen LogP) is 3.87. The number of aryl methyl sites for hydroxylation is 1. The standard InChI is InChI=1S/C23H31N3O2/c1-25-15-21(24-17-25)22(27)26-12-10-23(11-13-26,16-28-2)9-8-19-14-20(19)18-6-4-3-5-7-18/h3-7,15,17,19-20H,8-14,16H2,1-2H3/t19-,20?/m1/s1. The molecule has 28 heavy (non-hydrogen) atoms. The number of imidazole rings is 1. The molecule has 150 valence electrons. The minimum Gasteiger partial charge on any atom is -0.384 e. The number of aromatic nitrogens is 2. The summed E-state index contributed by atoms with van der Waals surface area (Å²) in [5.74, 6) is 1.61. The van der Waals surface area contributed by atoms with E-state index in [1.165, 1.54) is 24.8 Å². The lowest BCUT2D eigenvalue weighted by molar-refractivity contribution is 0.0131. The molecule has 1 saturated heterocycles. The maximum absolute atomic E-state index is 12.7. The number of nitrogens with zero attached hydrogens (tertiary/aromatic N) is 3. The summed E-state index contributed by atoms with van der Waals surface area (Å²) in [4.78, 5) is 18.9. The zero-order chi connectivity index (χ0) is 19.6. The monoisotopic (exact) mass is 381 g/mol. The van der Waals surface area contributed by atoms with Crippen molar-refractivity contribution in [1.29, 1.82) is 0 Å². The van der Waals surface area contributed by atoms with E-state index in [9.17, 15) is 4.79 Å². The summed E-state index contributed by atoms with van der Waals surface area (Å²) in [7, 11) is 3.70. The van der Waals surface area contributed by atoms with E-state index in [0.717, 1.165) is 44.4 Å². The third-order valence-corrected chi connectivity index (χ3v) is 6.68. The van der Waals surface area contributed by atoms with Crippen molar-refractivity contribution < 1.29 is 9.53 Å². The van der Waals surface area contributed by atoms with E-state index in [4.69, 9.17) is 4.74 Å². The van der Waals surface area contributed by atoms with Crippen molar-refractivity contribution in [3.05, 3.63) is 54.1 Å². The third kappa shape index (κ3) is 4.14. The Kier molecular flexibility index (Phi) is 5.54. The number of carbonyl (C=O) groups excluding carboxylic acids is 1. The molecule has 1 amide bonds. The van der Waals surface area contributed by atoms with Crippen LogP contribution in [0.1, 0.15) is 54.1 Å². The van der Waals surface area contributed by atoms with Gasteiger partial charge in [0.25, 0.3) is 5.91 Å². The lowest BCUT2D eigenvalue weighted by atomic mass is 9.74. The van der Waals surface area contributed by atoms with Gasteiger partial charge < -0.3 is 14.2 Å². The van der Waals surface area contributed by atoms with Gasteiger partial charge in [-0.3, -0.25) is 4.79 Å². The van der Waals surface area contributed by atoms with Crippen LogP contribution in [0.3, 0.4) is 0 Å². The van der Waals surface area contributed by atoms with Crippen LogP contribution in [0.2, 0.25) is 0 Å². The zero-order valence-corrected chi connectivity index (χ0v) is 17.0. The Hall–Kier alpha value is -2.14. The third-order valence-electron chi connectivity index (χ3n) is 6.68. The van der Waals surface area contributed by atoms with Crippen LogP contribution in [-0.4, -0.2) is 47.2 Å². The number of likely N-dealkylation sites (tertiary alicyclic amines) is 1. The second-order valence-corrected chi connectivity index (χ2v) is 8.70. The fourth-order valence-electron chi connectivity index (χ4n) is 4.81. The highest BCUT2D eigenvalue weighted by Crippen LogP contribution is 2.52. The molecule has 1 saturated carbocycles. The van der Waals surface area contributed by atoms with Crippen molar-refractivity contribution in [1.82, 2.24) is 14.5 Å². The fraction of sp³-hybridized carbons (Fsp3) is 0.565. The molecule has 2 atom stereocenters. The molecule has 0 spiro atoms. The summed E-state index contributed by atoms with van der Waals surface area (Å²) in [6.45, 7) is 2.39. The van der Waals surface area contributed by atoms with Gasteiger partial charge in [-0.15, -0.1) is 0 Å². The maximum atomic E-state index is 12.7. The summed E-state index contributed by atoms with van der Waals surface area (Å²) in [5, 5.41) is 0. The molecule has 0 bridgehead atoms. The molecule has 0 radical (unpaired) electrons. The van der Waals surface area contributed by atoms with Crippen molar-refractivity contribution >= 4 is 5.91 Å². The predicted molar refractivity (Wildman–Crippen MR) is 109 cm³/mol. The van der Waals surface area contributed by atoms with Gasteiger partial charge in [-0.25, -0.2) is 4.98 Å². The van der Waals surface area contributed by atoms with Crippen LogP contribution >= 0.6 is 0 Å². The molecular formula is C23H31N3O2. The van der Waals surface area contributed by atoms with E-state index in [0.29, 0.717) is 5.69 Å². The number of methoxy groups -OCH3 is 1. The van der Waals surface area contributed by atoms with Gasteiger partial charge >= 0.3 is 0 Å². The lowest BCUT2D eigenvalue weighted by Crippen LogP contribution is -2.45. The lowest BCUT2D eigenvalue weighted by Gasteiger charge is -2.41. The van der Waals surface area contributed by atoms with Crippen LogP contribution in [0.25, 0.3) is 0 Å². The second kappa shape index (κ2) is 8.08. The molecule has 1 aliphatic carbocycles. The van der Waals surface area contributed by atoms with E-state index < -0.39 is 0 Å². The van der Waals surface area contributed by atoms with Gasteiger partial charge in [0.2, 0.25) is 0 Å². The average Bonchev–Trinajstić information content (AvgIpc) is 3.38. The average molecular weight is 382 g/mol. The summed E-state index contributed by atoms with van der Waals surface area (Å²) >= 11 is 0. The van der Waals surface area contributed by atoms with Crippen molar-refractivity contribution in [3.63, 3.8) is 0 Å². The highest BCUT2D eigenvalue weighted by Gasteiger charge is 2.42. The van der Waals surface area contributed by atoms with E-state index in [1.807, 2.05) is 16.5 Å². The summed E-state index contributed by atoms with van der Waals surface area (Å²) in [6.07, 6.45) is 9.29. The molecule has 2 aliphatic rings. The van der Waals surface area contributed by atoms with E-state index in [1.54, 1.807) is 19.6 Å². The highest BCUT2D eigenvalue weighted by atomic mass is 16.5. The molecule has 5 nitrogen and oxygen atoms in total. The minimum atomic E-state index is 0.0537. The van der Waals surface area contributed by atoms with Gasteiger partial charge in [-0.2, -0.15) is 0 Å². The van der Waals surface area contributed by atoms with Gasteiger partial charge in [-0.1, -0.05) is 30.3 Å². The van der Waals surface area contributed by atoms with Gasteiger partial charge in [0.05, 0.1) is 12.9 Å². The number of carbonyl (C=O) groups is 1. The van der Waals surface area contributed by atoms with Crippen LogP contribution in [-0.2, 0) is 11.8 Å². The molecule has 1 unspecified atom stereocenters. The van der Waals surface area contributed by atoms with Crippen LogP contribution < -0.4 is 0 Å². The first kappa shape index (κ1) is 19.2. The highest BCUT2D eigenvalue weighted by molar-refractivity contribution is 5.92. The molecule has 1 aliphatic heterocycles. The number of ether oxygens (including phenoxy) is 1. The summed E-state index contributed by atoms with van der Waals surface area (Å²) in [6, 6.07) is 10.9. The zero-order valence-electron chi connectivity index (χ0n) is 17.0. The van der Waals surface area contributed by atoms with Crippen molar-refractivity contribution in [3.8, 4) is 0 Å². The number of hydrogen-bond acceptors (Lipinski definition) is 3. The van der Waals surface area contributed by atoms with Gasteiger partial charge in [-0.05, 0) is 54.9 Å². The Morgan fingerprint density at radius 1 is 1.25 bits per heavy atom. The Bertz CT molecular complexity index is 793.